The van der Waals surface area contributed by atoms with Crippen molar-refractivity contribution in [3.63, 3.8) is 0 Å². The molecular weight excluding hydrogens is 218 g/mol. The highest BCUT2D eigenvalue weighted by molar-refractivity contribution is 5.77. The van der Waals surface area contributed by atoms with Gasteiger partial charge in [-0.15, -0.1) is 0 Å². The first kappa shape index (κ1) is 11.6. The molecular formula is C13H15NO3. The minimum atomic E-state index is -0.832. The number of carbonyl (C=O) groups is 2. The van der Waals surface area contributed by atoms with Gasteiger partial charge in [-0.05, 0) is 24.0 Å². The van der Waals surface area contributed by atoms with E-state index in [1.54, 1.807) is 0 Å². The van der Waals surface area contributed by atoms with E-state index in [-0.39, 0.29) is 18.4 Å². The Bertz CT molecular complexity index is 442. The molecule has 1 aliphatic heterocycles. The second-order valence-corrected chi connectivity index (χ2v) is 4.25. The van der Waals surface area contributed by atoms with Crippen LogP contribution in [0, 0.1) is 0 Å². The number of aliphatic carboxylic acids is 1. The molecule has 4 heteroatoms. The van der Waals surface area contributed by atoms with Crippen LogP contribution in [0.25, 0.3) is 0 Å². The number of nitrogens with one attached hydrogen (secondary N) is 1. The number of rotatable bonds is 3. The number of amides is 1. The number of aryl methyl sites for hydroxylation is 1. The summed E-state index contributed by atoms with van der Waals surface area (Å²) < 4.78 is 0. The summed E-state index contributed by atoms with van der Waals surface area (Å²) >= 11 is 0. The molecule has 1 amide bonds. The van der Waals surface area contributed by atoms with Gasteiger partial charge >= 0.3 is 5.97 Å². The van der Waals surface area contributed by atoms with E-state index in [1.807, 2.05) is 24.3 Å². The van der Waals surface area contributed by atoms with E-state index in [0.717, 1.165) is 17.5 Å². The van der Waals surface area contributed by atoms with Gasteiger partial charge in [-0.3, -0.25) is 9.59 Å². The van der Waals surface area contributed by atoms with Crippen molar-refractivity contribution in [1.82, 2.24) is 5.32 Å². The Balaban J connectivity index is 2.22. The van der Waals surface area contributed by atoms with Crippen LogP contribution in [0.15, 0.2) is 24.3 Å². The second kappa shape index (κ2) is 4.99. The fourth-order valence-electron chi connectivity index (χ4n) is 2.19. The van der Waals surface area contributed by atoms with E-state index >= 15 is 0 Å². The topological polar surface area (TPSA) is 66.4 Å². The first-order valence-corrected chi connectivity index (χ1v) is 5.76. The SMILES string of the molecule is O=C(O)CCC1NC(=O)CCc2ccccc21. The maximum absolute atomic E-state index is 11.5. The minimum absolute atomic E-state index is 0.00316. The van der Waals surface area contributed by atoms with Crippen LogP contribution in [0.5, 0.6) is 0 Å². The van der Waals surface area contributed by atoms with Gasteiger partial charge in [0.05, 0.1) is 6.04 Å². The van der Waals surface area contributed by atoms with Gasteiger partial charge in [0.15, 0.2) is 0 Å². The molecule has 2 N–H and O–H groups in total. The lowest BCUT2D eigenvalue weighted by atomic mass is 9.96. The van der Waals surface area contributed by atoms with Crippen LogP contribution >= 0.6 is 0 Å². The fourth-order valence-corrected chi connectivity index (χ4v) is 2.19. The molecule has 1 atom stereocenters. The summed E-state index contributed by atoms with van der Waals surface area (Å²) in [6, 6.07) is 7.67. The largest absolute Gasteiger partial charge is 0.481 e. The normalized spacial score (nSPS) is 19.1. The summed E-state index contributed by atoms with van der Waals surface area (Å²) in [5.74, 6) is -0.836. The molecule has 0 aromatic heterocycles. The monoisotopic (exact) mass is 233 g/mol. The zero-order chi connectivity index (χ0) is 12.3. The fraction of sp³-hybridized carbons (Fsp3) is 0.385. The first-order valence-electron chi connectivity index (χ1n) is 5.76. The molecule has 0 aliphatic carbocycles. The Morgan fingerprint density at radius 3 is 2.88 bits per heavy atom. The van der Waals surface area contributed by atoms with Crippen molar-refractivity contribution in [2.24, 2.45) is 0 Å². The standard InChI is InChI=1S/C13H15NO3/c15-12-7-5-9-3-1-2-4-10(9)11(14-12)6-8-13(16)17/h1-4,11H,5-8H2,(H,14,15)(H,16,17). The van der Waals surface area contributed by atoms with Crippen molar-refractivity contribution in [3.05, 3.63) is 35.4 Å². The molecule has 0 radical (unpaired) electrons. The van der Waals surface area contributed by atoms with Crippen molar-refractivity contribution in [2.45, 2.75) is 31.7 Å². The highest BCUT2D eigenvalue weighted by Crippen LogP contribution is 2.26. The zero-order valence-electron chi connectivity index (χ0n) is 9.48. The second-order valence-electron chi connectivity index (χ2n) is 4.25. The minimum Gasteiger partial charge on any atom is -0.481 e. The molecule has 1 aromatic carbocycles. The number of carboxylic acid groups (broad SMARTS) is 1. The van der Waals surface area contributed by atoms with Gasteiger partial charge < -0.3 is 10.4 Å². The Morgan fingerprint density at radius 1 is 1.35 bits per heavy atom. The van der Waals surface area contributed by atoms with Gasteiger partial charge in [-0.2, -0.15) is 0 Å². The van der Waals surface area contributed by atoms with Crippen molar-refractivity contribution in [1.29, 1.82) is 0 Å². The van der Waals surface area contributed by atoms with E-state index in [0.29, 0.717) is 12.8 Å². The molecule has 0 saturated heterocycles. The third-order valence-corrected chi connectivity index (χ3v) is 3.03. The van der Waals surface area contributed by atoms with Crippen LogP contribution in [0.4, 0.5) is 0 Å². The van der Waals surface area contributed by atoms with Gasteiger partial charge in [0.1, 0.15) is 0 Å². The Hall–Kier alpha value is -1.84. The van der Waals surface area contributed by atoms with Gasteiger partial charge in [-0.1, -0.05) is 24.3 Å². The molecule has 1 aromatic rings. The molecule has 1 aliphatic rings. The molecule has 0 bridgehead atoms. The van der Waals surface area contributed by atoms with E-state index in [9.17, 15) is 9.59 Å². The molecule has 0 fully saturated rings. The van der Waals surface area contributed by atoms with Crippen LogP contribution in [0.3, 0.4) is 0 Å². The predicted molar refractivity (Wildman–Crippen MR) is 62.5 cm³/mol. The third kappa shape index (κ3) is 2.84. The summed E-state index contributed by atoms with van der Waals surface area (Å²) in [4.78, 5) is 22.2. The van der Waals surface area contributed by atoms with E-state index in [4.69, 9.17) is 5.11 Å². The number of carboxylic acids is 1. The molecule has 2 rings (SSSR count). The van der Waals surface area contributed by atoms with Crippen LogP contribution in [-0.4, -0.2) is 17.0 Å². The highest BCUT2D eigenvalue weighted by Gasteiger charge is 2.21. The van der Waals surface area contributed by atoms with Crippen LogP contribution in [-0.2, 0) is 16.0 Å². The summed E-state index contributed by atoms with van der Waals surface area (Å²) in [5, 5.41) is 11.6. The molecule has 1 unspecified atom stereocenters. The molecule has 0 saturated carbocycles. The average molecular weight is 233 g/mol. The lowest BCUT2D eigenvalue weighted by Gasteiger charge is -2.17. The maximum Gasteiger partial charge on any atom is 0.303 e. The summed E-state index contributed by atoms with van der Waals surface area (Å²) in [6.07, 6.45) is 1.71. The molecule has 17 heavy (non-hydrogen) atoms. The number of hydrogen-bond donors (Lipinski definition) is 2. The zero-order valence-corrected chi connectivity index (χ0v) is 9.48. The molecule has 0 spiro atoms. The first-order chi connectivity index (χ1) is 8.16. The van der Waals surface area contributed by atoms with Crippen LogP contribution in [0.1, 0.15) is 36.4 Å². The summed E-state index contributed by atoms with van der Waals surface area (Å²) in [7, 11) is 0. The average Bonchev–Trinajstić information content (AvgIpc) is 2.47. The Labute approximate surface area is 99.6 Å². The number of fused-ring (bicyclic) bond motifs is 1. The predicted octanol–water partition coefficient (Wildman–Crippen LogP) is 1.65. The van der Waals surface area contributed by atoms with Crippen molar-refractivity contribution >= 4 is 11.9 Å². The smallest absolute Gasteiger partial charge is 0.303 e. The Morgan fingerprint density at radius 2 is 2.12 bits per heavy atom. The number of benzene rings is 1. The number of carbonyl (C=O) groups excluding carboxylic acids is 1. The van der Waals surface area contributed by atoms with Crippen molar-refractivity contribution in [3.8, 4) is 0 Å². The van der Waals surface area contributed by atoms with Crippen molar-refractivity contribution < 1.29 is 14.7 Å². The van der Waals surface area contributed by atoms with Gasteiger partial charge in [0.2, 0.25) is 5.91 Å². The summed E-state index contributed by atoms with van der Waals surface area (Å²) in [5.41, 5.74) is 2.20. The summed E-state index contributed by atoms with van der Waals surface area (Å²) in [6.45, 7) is 0. The van der Waals surface area contributed by atoms with E-state index in [1.165, 1.54) is 0 Å². The molecule has 90 valence electrons. The molecule has 1 heterocycles. The van der Waals surface area contributed by atoms with Crippen LogP contribution in [0.2, 0.25) is 0 Å². The van der Waals surface area contributed by atoms with Gasteiger partial charge in [-0.25, -0.2) is 0 Å². The van der Waals surface area contributed by atoms with Gasteiger partial charge in [0.25, 0.3) is 0 Å². The van der Waals surface area contributed by atoms with Crippen molar-refractivity contribution in [2.75, 3.05) is 0 Å². The van der Waals surface area contributed by atoms with Crippen LogP contribution < -0.4 is 5.32 Å². The van der Waals surface area contributed by atoms with Gasteiger partial charge in [0, 0.05) is 12.8 Å². The third-order valence-electron chi connectivity index (χ3n) is 3.03. The van der Waals surface area contributed by atoms with E-state index < -0.39 is 5.97 Å². The molecule has 4 nitrogen and oxygen atoms in total. The number of hydrogen-bond acceptors (Lipinski definition) is 2. The lowest BCUT2D eigenvalue weighted by Crippen LogP contribution is -2.27. The van der Waals surface area contributed by atoms with E-state index in [2.05, 4.69) is 5.32 Å². The highest BCUT2D eigenvalue weighted by atomic mass is 16.4. The Kier molecular flexibility index (Phi) is 3.42. The maximum atomic E-state index is 11.5. The lowest BCUT2D eigenvalue weighted by molar-refractivity contribution is -0.137. The quantitative estimate of drug-likeness (QED) is 0.834.